The van der Waals surface area contributed by atoms with E-state index in [0.717, 1.165) is 12.5 Å². The van der Waals surface area contributed by atoms with E-state index in [2.05, 4.69) is 26.1 Å². The highest BCUT2D eigenvalue weighted by atomic mass is 19.4. The Kier molecular flexibility index (Phi) is 4.62. The molecule has 0 aliphatic carbocycles. The molecule has 0 aromatic heterocycles. The Morgan fingerprint density at radius 2 is 1.67 bits per heavy atom. The average molecular weight is 298 g/mol. The van der Waals surface area contributed by atoms with Crippen LogP contribution in [0.3, 0.4) is 0 Å². The van der Waals surface area contributed by atoms with Crippen LogP contribution < -0.4 is 5.32 Å². The minimum atomic E-state index is -4.53. The van der Waals surface area contributed by atoms with E-state index in [1.165, 1.54) is 12.1 Å². The van der Waals surface area contributed by atoms with Gasteiger partial charge in [-0.2, -0.15) is 18.4 Å². The van der Waals surface area contributed by atoms with Crippen LogP contribution in [0.5, 0.6) is 0 Å². The highest BCUT2D eigenvalue weighted by Gasteiger charge is 2.34. The van der Waals surface area contributed by atoms with Gasteiger partial charge in [-0.3, -0.25) is 0 Å². The second-order valence-corrected chi connectivity index (χ2v) is 7.12. The van der Waals surface area contributed by atoms with E-state index in [1.54, 1.807) is 6.07 Å². The second-order valence-electron chi connectivity index (χ2n) is 7.12. The highest BCUT2D eigenvalue weighted by Crippen LogP contribution is 2.35. The molecule has 1 N–H and O–H groups in total. The van der Waals surface area contributed by atoms with Gasteiger partial charge >= 0.3 is 6.18 Å². The van der Waals surface area contributed by atoms with E-state index in [4.69, 9.17) is 5.26 Å². The first-order valence-electron chi connectivity index (χ1n) is 6.74. The number of benzene rings is 1. The van der Waals surface area contributed by atoms with Gasteiger partial charge in [0, 0.05) is 11.2 Å². The van der Waals surface area contributed by atoms with Crippen molar-refractivity contribution in [3.63, 3.8) is 0 Å². The molecule has 0 aliphatic rings. The lowest BCUT2D eigenvalue weighted by Gasteiger charge is -2.34. The zero-order valence-corrected chi connectivity index (χ0v) is 13.0. The zero-order chi connectivity index (χ0) is 16.5. The lowest BCUT2D eigenvalue weighted by Crippen LogP contribution is -2.35. The van der Waals surface area contributed by atoms with Gasteiger partial charge in [0.25, 0.3) is 0 Å². The minimum Gasteiger partial charge on any atom is -0.380 e. The van der Waals surface area contributed by atoms with E-state index >= 15 is 0 Å². The third-order valence-electron chi connectivity index (χ3n) is 2.90. The molecule has 2 nitrogen and oxygen atoms in total. The van der Waals surface area contributed by atoms with Crippen LogP contribution in [0.25, 0.3) is 0 Å². The molecule has 0 spiro atoms. The van der Waals surface area contributed by atoms with Crippen molar-refractivity contribution in [1.29, 1.82) is 5.26 Å². The standard InChI is InChI=1S/C16H21F3N2/c1-14(2,3)10-15(4,5)21-12-7-6-11(9-20)13(8-12)16(17,18)19/h6-8,21H,10H2,1-5H3. The Morgan fingerprint density at radius 3 is 2.10 bits per heavy atom. The van der Waals surface area contributed by atoms with Crippen LogP contribution in [0.2, 0.25) is 0 Å². The summed E-state index contributed by atoms with van der Waals surface area (Å²) in [5.74, 6) is 0. The molecule has 0 unspecified atom stereocenters. The SMILES string of the molecule is CC(C)(C)CC(C)(C)Nc1ccc(C#N)c(C(F)(F)F)c1. The predicted octanol–water partition coefficient (Wildman–Crippen LogP) is 5.20. The van der Waals surface area contributed by atoms with Crippen molar-refractivity contribution in [2.24, 2.45) is 5.41 Å². The van der Waals surface area contributed by atoms with Gasteiger partial charge in [-0.05, 0) is 43.9 Å². The summed E-state index contributed by atoms with van der Waals surface area (Å²) in [6.07, 6.45) is -3.74. The Balaban J connectivity index is 3.09. The summed E-state index contributed by atoms with van der Waals surface area (Å²) in [5, 5.41) is 11.9. The van der Waals surface area contributed by atoms with Crippen molar-refractivity contribution in [3.8, 4) is 6.07 Å². The number of alkyl halides is 3. The maximum Gasteiger partial charge on any atom is 0.417 e. The Hall–Kier alpha value is -1.70. The van der Waals surface area contributed by atoms with Gasteiger partial charge < -0.3 is 5.32 Å². The van der Waals surface area contributed by atoms with Gasteiger partial charge in [0.05, 0.1) is 17.2 Å². The van der Waals surface area contributed by atoms with Gasteiger partial charge in [-0.1, -0.05) is 20.8 Å². The summed E-state index contributed by atoms with van der Waals surface area (Å²) in [4.78, 5) is 0. The molecule has 0 heterocycles. The van der Waals surface area contributed by atoms with Crippen LogP contribution in [0.1, 0.15) is 52.2 Å². The lowest BCUT2D eigenvalue weighted by atomic mass is 9.81. The normalized spacial score (nSPS) is 12.9. The van der Waals surface area contributed by atoms with Gasteiger partial charge in [-0.15, -0.1) is 0 Å². The van der Waals surface area contributed by atoms with E-state index in [-0.39, 0.29) is 16.5 Å². The van der Waals surface area contributed by atoms with Crippen molar-refractivity contribution < 1.29 is 13.2 Å². The summed E-state index contributed by atoms with van der Waals surface area (Å²) >= 11 is 0. The fourth-order valence-corrected chi connectivity index (χ4v) is 2.71. The zero-order valence-electron chi connectivity index (χ0n) is 13.0. The monoisotopic (exact) mass is 298 g/mol. The second kappa shape index (κ2) is 5.59. The van der Waals surface area contributed by atoms with Crippen LogP contribution in [-0.4, -0.2) is 5.54 Å². The number of nitrogens with one attached hydrogen (secondary N) is 1. The van der Waals surface area contributed by atoms with Gasteiger partial charge in [0.1, 0.15) is 0 Å². The van der Waals surface area contributed by atoms with Crippen LogP contribution in [0, 0.1) is 16.7 Å². The van der Waals surface area contributed by atoms with Crippen molar-refractivity contribution in [2.45, 2.75) is 52.8 Å². The highest BCUT2D eigenvalue weighted by molar-refractivity contribution is 5.54. The molecule has 1 aromatic rings. The summed E-state index contributed by atoms with van der Waals surface area (Å²) in [6, 6.07) is 5.30. The molecule has 0 amide bonds. The van der Waals surface area contributed by atoms with Crippen LogP contribution in [0.15, 0.2) is 18.2 Å². The average Bonchev–Trinajstić information content (AvgIpc) is 2.23. The fourth-order valence-electron chi connectivity index (χ4n) is 2.71. The van der Waals surface area contributed by atoms with Crippen molar-refractivity contribution in [2.75, 3.05) is 5.32 Å². The molecule has 0 radical (unpaired) electrons. The van der Waals surface area contributed by atoms with Crippen LogP contribution in [-0.2, 0) is 6.18 Å². The minimum absolute atomic E-state index is 0.0515. The molecule has 21 heavy (non-hydrogen) atoms. The topological polar surface area (TPSA) is 35.8 Å². The first-order valence-corrected chi connectivity index (χ1v) is 6.74. The summed E-state index contributed by atoms with van der Waals surface area (Å²) in [7, 11) is 0. The van der Waals surface area contributed by atoms with Crippen LogP contribution in [0.4, 0.5) is 18.9 Å². The summed E-state index contributed by atoms with van der Waals surface area (Å²) in [5.41, 5.74) is -1.19. The number of hydrogen-bond acceptors (Lipinski definition) is 2. The number of anilines is 1. The summed E-state index contributed by atoms with van der Waals surface area (Å²) in [6.45, 7) is 10.1. The number of hydrogen-bond donors (Lipinski definition) is 1. The number of nitriles is 1. The predicted molar refractivity (Wildman–Crippen MR) is 77.9 cm³/mol. The molecule has 1 aromatic carbocycles. The third kappa shape index (κ3) is 5.30. The molecule has 0 fully saturated rings. The molecule has 0 atom stereocenters. The maximum absolute atomic E-state index is 12.9. The number of rotatable bonds is 3. The molecular formula is C16H21F3N2. The van der Waals surface area contributed by atoms with Gasteiger partial charge in [-0.25, -0.2) is 0 Å². The number of halogens is 3. The Morgan fingerprint density at radius 1 is 1.10 bits per heavy atom. The maximum atomic E-state index is 12.9. The molecule has 0 aliphatic heterocycles. The first-order chi connectivity index (χ1) is 9.34. The fraction of sp³-hybridized carbons (Fsp3) is 0.562. The van der Waals surface area contributed by atoms with Gasteiger partial charge in [0.2, 0.25) is 0 Å². The molecule has 0 saturated carbocycles. The summed E-state index contributed by atoms with van der Waals surface area (Å²) < 4.78 is 38.8. The lowest BCUT2D eigenvalue weighted by molar-refractivity contribution is -0.137. The smallest absolute Gasteiger partial charge is 0.380 e. The Labute approximate surface area is 124 Å². The number of nitrogens with zero attached hydrogens (tertiary/aromatic N) is 1. The van der Waals surface area contributed by atoms with Crippen molar-refractivity contribution >= 4 is 5.69 Å². The Bertz CT molecular complexity index is 546. The largest absolute Gasteiger partial charge is 0.417 e. The quantitative estimate of drug-likeness (QED) is 0.832. The van der Waals surface area contributed by atoms with Crippen LogP contribution >= 0.6 is 0 Å². The molecule has 1 rings (SSSR count). The van der Waals surface area contributed by atoms with E-state index in [1.807, 2.05) is 13.8 Å². The van der Waals surface area contributed by atoms with Crippen molar-refractivity contribution in [1.82, 2.24) is 0 Å². The van der Waals surface area contributed by atoms with Crippen molar-refractivity contribution in [3.05, 3.63) is 29.3 Å². The molecule has 116 valence electrons. The van der Waals surface area contributed by atoms with E-state index in [9.17, 15) is 13.2 Å². The molecule has 0 saturated heterocycles. The first kappa shape index (κ1) is 17.4. The molecular weight excluding hydrogens is 277 g/mol. The third-order valence-corrected chi connectivity index (χ3v) is 2.90. The van der Waals surface area contributed by atoms with Gasteiger partial charge in [0.15, 0.2) is 0 Å². The molecule has 5 heteroatoms. The van der Waals surface area contributed by atoms with E-state index in [0.29, 0.717) is 5.69 Å². The van der Waals surface area contributed by atoms with E-state index < -0.39 is 11.7 Å². The molecule has 0 bridgehead atoms.